The highest BCUT2D eigenvalue weighted by Gasteiger charge is 2.69. The molecule has 27 heavy (non-hydrogen) atoms. The predicted octanol–water partition coefficient (Wildman–Crippen LogP) is 0.972. The highest BCUT2D eigenvalue weighted by Crippen LogP contribution is 2.50. The molecule has 1 fully saturated rings. The fraction of sp³-hybridized carbons (Fsp3) is 0.300. The molecule has 2 atom stereocenters. The molecule has 1 amide bonds. The molecular formula is C20H21N3O3S. The van der Waals surface area contributed by atoms with Gasteiger partial charge in [0.15, 0.2) is 16.4 Å². The zero-order chi connectivity index (χ0) is 19.2. The number of fused-ring (bicyclic) bond motifs is 3. The van der Waals surface area contributed by atoms with Gasteiger partial charge in [-0.3, -0.25) is 4.79 Å². The van der Waals surface area contributed by atoms with Crippen molar-refractivity contribution >= 4 is 28.9 Å². The molecule has 0 spiro atoms. The molecular weight excluding hydrogens is 362 g/mol. The number of hydrogen-bond donors (Lipinski definition) is 3. The number of likely N-dealkylation sites (N-methyl/N-ethyl adjacent to an activating group) is 1. The minimum atomic E-state index is -1.70. The number of carbonyl (C=O) groups excluding carboxylic acids is 1. The molecule has 2 aliphatic rings. The summed E-state index contributed by atoms with van der Waals surface area (Å²) in [4.78, 5) is 16.9. The van der Waals surface area contributed by atoms with E-state index in [1.54, 1.807) is 29.0 Å². The Morgan fingerprint density at radius 3 is 2.48 bits per heavy atom. The van der Waals surface area contributed by atoms with Crippen LogP contribution in [0, 0.1) is 0 Å². The van der Waals surface area contributed by atoms with Gasteiger partial charge >= 0.3 is 0 Å². The molecule has 0 radical (unpaired) electrons. The van der Waals surface area contributed by atoms with Crippen LogP contribution in [0.3, 0.4) is 0 Å². The molecule has 2 aromatic carbocycles. The van der Waals surface area contributed by atoms with E-state index < -0.39 is 11.3 Å². The SMILES string of the molecule is CN1C(=O)C2(Cc3ccccc3)N(CCO)C(=S)NC2(O)c2ccccc21. The van der Waals surface area contributed by atoms with Crippen molar-refractivity contribution < 1.29 is 15.0 Å². The highest BCUT2D eigenvalue weighted by molar-refractivity contribution is 7.80. The Bertz CT molecular complexity index is 906. The molecule has 6 nitrogen and oxygen atoms in total. The van der Waals surface area contributed by atoms with Gasteiger partial charge in [-0.05, 0) is 23.8 Å². The van der Waals surface area contributed by atoms with Crippen molar-refractivity contribution in [2.24, 2.45) is 0 Å². The van der Waals surface area contributed by atoms with Crippen molar-refractivity contribution in [3.63, 3.8) is 0 Å². The maximum atomic E-state index is 13.7. The monoisotopic (exact) mass is 383 g/mol. The van der Waals surface area contributed by atoms with Gasteiger partial charge in [-0.2, -0.15) is 0 Å². The number of para-hydroxylation sites is 1. The van der Waals surface area contributed by atoms with Crippen molar-refractivity contribution in [2.75, 3.05) is 25.1 Å². The first kappa shape index (κ1) is 17.9. The molecule has 2 heterocycles. The van der Waals surface area contributed by atoms with E-state index in [9.17, 15) is 15.0 Å². The summed E-state index contributed by atoms with van der Waals surface area (Å²) in [7, 11) is 1.70. The van der Waals surface area contributed by atoms with Crippen LogP contribution in [0.25, 0.3) is 0 Å². The summed E-state index contributed by atoms with van der Waals surface area (Å²) in [5.74, 6) is -0.270. The van der Waals surface area contributed by atoms with Gasteiger partial charge in [0.2, 0.25) is 0 Å². The summed E-state index contributed by atoms with van der Waals surface area (Å²) in [6.07, 6.45) is 0.245. The molecule has 3 N–H and O–H groups in total. The molecule has 0 saturated carbocycles. The van der Waals surface area contributed by atoms with E-state index in [1.165, 1.54) is 0 Å². The number of nitrogens with one attached hydrogen (secondary N) is 1. The summed E-state index contributed by atoms with van der Waals surface area (Å²) < 4.78 is 0. The van der Waals surface area contributed by atoms with Crippen molar-refractivity contribution in [3.8, 4) is 0 Å². The number of aliphatic hydroxyl groups is 2. The Morgan fingerprint density at radius 2 is 1.78 bits per heavy atom. The second-order valence-electron chi connectivity index (χ2n) is 6.92. The third-order valence-electron chi connectivity index (χ3n) is 5.53. The minimum absolute atomic E-state index is 0.142. The molecule has 0 bridgehead atoms. The smallest absolute Gasteiger partial charge is 0.258 e. The number of benzene rings is 2. The number of nitrogens with zero attached hydrogens (tertiary/aromatic N) is 2. The van der Waals surface area contributed by atoms with E-state index in [0.717, 1.165) is 5.56 Å². The van der Waals surface area contributed by atoms with E-state index in [0.29, 0.717) is 11.3 Å². The van der Waals surface area contributed by atoms with Gasteiger partial charge < -0.3 is 25.3 Å². The highest BCUT2D eigenvalue weighted by atomic mass is 32.1. The lowest BCUT2D eigenvalue weighted by Gasteiger charge is -2.50. The Kier molecular flexibility index (Phi) is 4.18. The lowest BCUT2D eigenvalue weighted by Crippen LogP contribution is -2.71. The van der Waals surface area contributed by atoms with Crippen molar-refractivity contribution in [3.05, 3.63) is 65.7 Å². The topological polar surface area (TPSA) is 76.0 Å². The Balaban J connectivity index is 1.98. The number of amides is 1. The molecule has 140 valence electrons. The number of carbonyl (C=O) groups is 1. The molecule has 2 aromatic rings. The number of aliphatic hydroxyl groups excluding tert-OH is 1. The largest absolute Gasteiger partial charge is 0.395 e. The van der Waals surface area contributed by atoms with Crippen molar-refractivity contribution in [2.45, 2.75) is 17.7 Å². The molecule has 0 aromatic heterocycles. The van der Waals surface area contributed by atoms with Crippen LogP contribution in [0.2, 0.25) is 0 Å². The van der Waals surface area contributed by atoms with E-state index in [2.05, 4.69) is 5.32 Å². The van der Waals surface area contributed by atoms with E-state index in [-0.39, 0.29) is 30.6 Å². The van der Waals surface area contributed by atoms with Crippen LogP contribution in [0.15, 0.2) is 54.6 Å². The van der Waals surface area contributed by atoms with Gasteiger partial charge in [-0.15, -0.1) is 0 Å². The van der Waals surface area contributed by atoms with Gasteiger partial charge in [-0.1, -0.05) is 48.5 Å². The molecule has 7 heteroatoms. The molecule has 0 aliphatic carbocycles. The normalized spacial score (nSPS) is 26.6. The number of anilines is 1. The summed E-state index contributed by atoms with van der Waals surface area (Å²) in [6, 6.07) is 16.8. The molecule has 4 rings (SSSR count). The fourth-order valence-corrected chi connectivity index (χ4v) is 4.69. The van der Waals surface area contributed by atoms with E-state index in [4.69, 9.17) is 12.2 Å². The molecule has 2 aliphatic heterocycles. The van der Waals surface area contributed by atoms with Crippen LogP contribution in [-0.2, 0) is 16.9 Å². The standard InChI is InChI=1S/C20H21N3O3S/c1-22-16-10-6-5-9-15(16)20(26)19(17(22)25,13-14-7-3-2-4-8-14)23(11-12-24)18(27)21-20/h2-10,24,26H,11-13H2,1H3,(H,21,27). The van der Waals surface area contributed by atoms with Crippen molar-refractivity contribution in [1.29, 1.82) is 0 Å². The maximum Gasteiger partial charge on any atom is 0.258 e. The van der Waals surface area contributed by atoms with Crippen LogP contribution in [-0.4, -0.2) is 51.9 Å². The van der Waals surface area contributed by atoms with Gasteiger partial charge in [0.05, 0.1) is 12.3 Å². The third-order valence-corrected chi connectivity index (χ3v) is 5.85. The molecule has 2 unspecified atom stereocenters. The van der Waals surface area contributed by atoms with E-state index in [1.807, 2.05) is 42.5 Å². The summed E-state index contributed by atoms with van der Waals surface area (Å²) >= 11 is 5.47. The maximum absolute atomic E-state index is 13.7. The predicted molar refractivity (Wildman–Crippen MR) is 106 cm³/mol. The second kappa shape index (κ2) is 6.30. The number of rotatable bonds is 4. The molecule has 1 saturated heterocycles. The lowest BCUT2D eigenvalue weighted by atomic mass is 9.73. The average molecular weight is 383 g/mol. The number of thiocarbonyl (C=S) groups is 1. The van der Waals surface area contributed by atoms with Crippen LogP contribution in [0.4, 0.5) is 5.69 Å². The van der Waals surface area contributed by atoms with Crippen molar-refractivity contribution in [1.82, 2.24) is 10.2 Å². The van der Waals surface area contributed by atoms with Gasteiger partial charge in [0, 0.05) is 25.6 Å². The zero-order valence-corrected chi connectivity index (χ0v) is 15.7. The van der Waals surface area contributed by atoms with Crippen LogP contribution >= 0.6 is 12.2 Å². The summed E-state index contributed by atoms with van der Waals surface area (Å²) in [5, 5.41) is 24.7. The quantitative estimate of drug-likeness (QED) is 0.684. The zero-order valence-electron chi connectivity index (χ0n) is 14.9. The number of β-amino-alcohol motifs (C(OH)–C–C–N with tert-alkyl or cyclic N) is 1. The van der Waals surface area contributed by atoms with Gasteiger partial charge in [-0.25, -0.2) is 0 Å². The Morgan fingerprint density at radius 1 is 1.11 bits per heavy atom. The van der Waals surface area contributed by atoms with Gasteiger partial charge in [0.25, 0.3) is 5.91 Å². The number of hydrogen-bond acceptors (Lipinski definition) is 4. The third kappa shape index (κ3) is 2.32. The van der Waals surface area contributed by atoms with Crippen LogP contribution in [0.1, 0.15) is 11.1 Å². The first-order valence-corrected chi connectivity index (χ1v) is 9.21. The van der Waals surface area contributed by atoms with Crippen LogP contribution in [0.5, 0.6) is 0 Å². The minimum Gasteiger partial charge on any atom is -0.395 e. The van der Waals surface area contributed by atoms with Gasteiger partial charge in [0.1, 0.15) is 0 Å². The van der Waals surface area contributed by atoms with Crippen LogP contribution < -0.4 is 10.2 Å². The fourth-order valence-electron chi connectivity index (χ4n) is 4.30. The summed E-state index contributed by atoms with van der Waals surface area (Å²) in [6.45, 7) is -0.0458. The van der Waals surface area contributed by atoms with E-state index >= 15 is 0 Å². The Labute approximate surface area is 163 Å². The lowest BCUT2D eigenvalue weighted by molar-refractivity contribution is -0.148. The summed E-state index contributed by atoms with van der Waals surface area (Å²) in [5.41, 5.74) is -0.973. The first-order valence-electron chi connectivity index (χ1n) is 8.80. The first-order chi connectivity index (χ1) is 13.0. The average Bonchev–Trinajstić information content (AvgIpc) is 2.90. The Hall–Kier alpha value is -2.48. The second-order valence-corrected chi connectivity index (χ2v) is 7.31.